The molecule has 31 heavy (non-hydrogen) atoms. The third-order valence-corrected chi connectivity index (χ3v) is 5.58. The zero-order valence-electron chi connectivity index (χ0n) is 17.3. The molecule has 1 atom stereocenters. The maximum absolute atomic E-state index is 13.1. The number of aromatic nitrogens is 3. The predicted molar refractivity (Wildman–Crippen MR) is 108 cm³/mol. The molecule has 3 aromatic rings. The van der Waals surface area contributed by atoms with E-state index in [-0.39, 0.29) is 18.4 Å². The Morgan fingerprint density at radius 2 is 2.00 bits per heavy atom. The number of amides is 1. The lowest BCUT2D eigenvalue weighted by atomic mass is 9.97. The SMILES string of the molecule is Cc1ccc(OCC(=O)N2CCCC(c3nnc4ccc(C(F)(F)F)cn34)C2)c(C)c1. The normalized spacial score (nSPS) is 17.2. The van der Waals surface area contributed by atoms with Crippen LogP contribution in [0, 0.1) is 13.8 Å². The molecule has 0 aliphatic carbocycles. The van der Waals surface area contributed by atoms with E-state index >= 15 is 0 Å². The van der Waals surface area contributed by atoms with Crippen molar-refractivity contribution >= 4 is 11.6 Å². The Morgan fingerprint density at radius 1 is 1.19 bits per heavy atom. The molecule has 164 valence electrons. The molecule has 6 nitrogen and oxygen atoms in total. The maximum Gasteiger partial charge on any atom is 0.417 e. The summed E-state index contributed by atoms with van der Waals surface area (Å²) >= 11 is 0. The standard InChI is InChI=1S/C22H23F3N4O2/c1-14-5-7-18(15(2)10-14)31-13-20(30)28-9-3-4-16(11-28)21-27-26-19-8-6-17(12-29(19)21)22(23,24)25/h5-8,10,12,16H,3-4,9,11,13H2,1-2H3. The number of nitrogens with zero attached hydrogens (tertiary/aromatic N) is 4. The van der Waals surface area contributed by atoms with Gasteiger partial charge in [-0.2, -0.15) is 13.2 Å². The van der Waals surface area contributed by atoms with E-state index in [1.165, 1.54) is 10.5 Å². The summed E-state index contributed by atoms with van der Waals surface area (Å²) in [6.07, 6.45) is -1.98. The van der Waals surface area contributed by atoms with Gasteiger partial charge in [0.05, 0.1) is 5.56 Å². The van der Waals surface area contributed by atoms with Crippen molar-refractivity contribution in [3.63, 3.8) is 0 Å². The molecule has 1 amide bonds. The third kappa shape index (κ3) is 4.50. The smallest absolute Gasteiger partial charge is 0.417 e. The van der Waals surface area contributed by atoms with Crippen molar-refractivity contribution in [2.75, 3.05) is 19.7 Å². The van der Waals surface area contributed by atoms with Crippen LogP contribution in [0.1, 0.15) is 41.3 Å². The summed E-state index contributed by atoms with van der Waals surface area (Å²) in [5.41, 5.74) is 1.67. The Bertz CT molecular complexity index is 1110. The van der Waals surface area contributed by atoms with E-state index in [2.05, 4.69) is 10.2 Å². The van der Waals surface area contributed by atoms with E-state index in [1.54, 1.807) is 4.90 Å². The van der Waals surface area contributed by atoms with Gasteiger partial charge in [0.25, 0.3) is 5.91 Å². The topological polar surface area (TPSA) is 59.7 Å². The molecule has 3 heterocycles. The quantitative estimate of drug-likeness (QED) is 0.622. The van der Waals surface area contributed by atoms with E-state index in [9.17, 15) is 18.0 Å². The first-order valence-corrected chi connectivity index (χ1v) is 10.1. The lowest BCUT2D eigenvalue weighted by Gasteiger charge is -2.32. The maximum atomic E-state index is 13.1. The summed E-state index contributed by atoms with van der Waals surface area (Å²) in [6.45, 7) is 4.77. The molecule has 2 aromatic heterocycles. The van der Waals surface area contributed by atoms with Crippen LogP contribution in [0.15, 0.2) is 36.5 Å². The largest absolute Gasteiger partial charge is 0.484 e. The van der Waals surface area contributed by atoms with Gasteiger partial charge in [-0.15, -0.1) is 10.2 Å². The Morgan fingerprint density at radius 3 is 2.74 bits per heavy atom. The van der Waals surface area contributed by atoms with Crippen molar-refractivity contribution < 1.29 is 22.7 Å². The third-order valence-electron chi connectivity index (χ3n) is 5.58. The number of rotatable bonds is 4. The van der Waals surface area contributed by atoms with Crippen LogP contribution >= 0.6 is 0 Å². The summed E-state index contributed by atoms with van der Waals surface area (Å²) in [6, 6.07) is 8.06. The number of halogens is 3. The summed E-state index contributed by atoms with van der Waals surface area (Å²) in [7, 11) is 0. The average Bonchev–Trinajstić information content (AvgIpc) is 3.16. The molecular formula is C22H23F3N4O2. The summed E-state index contributed by atoms with van der Waals surface area (Å²) in [5, 5.41) is 8.12. The van der Waals surface area contributed by atoms with Crippen LogP contribution in [-0.4, -0.2) is 45.1 Å². The number of benzene rings is 1. The minimum Gasteiger partial charge on any atom is -0.484 e. The first-order valence-electron chi connectivity index (χ1n) is 10.1. The van der Waals surface area contributed by atoms with Crippen LogP contribution in [0.4, 0.5) is 13.2 Å². The fourth-order valence-corrected chi connectivity index (χ4v) is 3.96. The van der Waals surface area contributed by atoms with Gasteiger partial charge in [-0.3, -0.25) is 9.20 Å². The number of pyridine rings is 1. The van der Waals surface area contributed by atoms with E-state index in [0.29, 0.717) is 30.3 Å². The van der Waals surface area contributed by atoms with Gasteiger partial charge in [0.1, 0.15) is 11.6 Å². The molecule has 1 aliphatic heterocycles. The number of piperidine rings is 1. The molecule has 1 fully saturated rings. The minimum absolute atomic E-state index is 0.0879. The number of alkyl halides is 3. The fourth-order valence-electron chi connectivity index (χ4n) is 3.96. The molecule has 1 aromatic carbocycles. The highest BCUT2D eigenvalue weighted by atomic mass is 19.4. The highest BCUT2D eigenvalue weighted by molar-refractivity contribution is 5.78. The fraction of sp³-hybridized carbons (Fsp3) is 0.409. The van der Waals surface area contributed by atoms with Crippen LogP contribution in [0.2, 0.25) is 0 Å². The second-order valence-electron chi connectivity index (χ2n) is 7.94. The van der Waals surface area contributed by atoms with E-state index in [1.807, 2.05) is 32.0 Å². The monoisotopic (exact) mass is 432 g/mol. The second-order valence-corrected chi connectivity index (χ2v) is 7.94. The van der Waals surface area contributed by atoms with Crippen LogP contribution in [0.5, 0.6) is 5.75 Å². The van der Waals surface area contributed by atoms with Gasteiger partial charge >= 0.3 is 6.18 Å². The molecule has 1 unspecified atom stereocenters. The molecular weight excluding hydrogens is 409 g/mol. The van der Waals surface area contributed by atoms with Gasteiger partial charge in [0, 0.05) is 25.2 Å². The van der Waals surface area contributed by atoms with Gasteiger partial charge in [-0.05, 0) is 50.5 Å². The van der Waals surface area contributed by atoms with Crippen LogP contribution < -0.4 is 4.74 Å². The molecule has 0 spiro atoms. The van der Waals surface area contributed by atoms with Gasteiger partial charge in [-0.25, -0.2) is 0 Å². The molecule has 1 saturated heterocycles. The van der Waals surface area contributed by atoms with Crippen LogP contribution in [0.3, 0.4) is 0 Å². The number of hydrogen-bond donors (Lipinski definition) is 0. The zero-order chi connectivity index (χ0) is 22.2. The molecule has 1 aliphatic rings. The van der Waals surface area contributed by atoms with E-state index in [0.717, 1.165) is 36.2 Å². The summed E-state index contributed by atoms with van der Waals surface area (Å²) in [4.78, 5) is 14.4. The van der Waals surface area contributed by atoms with Crippen LogP contribution in [-0.2, 0) is 11.0 Å². The highest BCUT2D eigenvalue weighted by Gasteiger charge is 2.32. The summed E-state index contributed by atoms with van der Waals surface area (Å²) in [5.74, 6) is 0.747. The van der Waals surface area contributed by atoms with Crippen LogP contribution in [0.25, 0.3) is 5.65 Å². The average molecular weight is 432 g/mol. The Hall–Kier alpha value is -3.10. The number of carbonyl (C=O) groups is 1. The van der Waals surface area contributed by atoms with E-state index < -0.39 is 11.7 Å². The zero-order valence-corrected chi connectivity index (χ0v) is 17.3. The molecule has 0 N–H and O–H groups in total. The van der Waals surface area contributed by atoms with Crippen molar-refractivity contribution in [3.05, 3.63) is 59.0 Å². The molecule has 0 radical (unpaired) electrons. The molecule has 9 heteroatoms. The number of hydrogen-bond acceptors (Lipinski definition) is 4. The Labute approximate surface area is 177 Å². The van der Waals surface area contributed by atoms with Gasteiger partial charge < -0.3 is 9.64 Å². The highest BCUT2D eigenvalue weighted by Crippen LogP contribution is 2.31. The van der Waals surface area contributed by atoms with Crippen molar-refractivity contribution in [1.82, 2.24) is 19.5 Å². The number of aryl methyl sites for hydroxylation is 2. The van der Waals surface area contributed by atoms with Gasteiger partial charge in [0.2, 0.25) is 0 Å². The van der Waals surface area contributed by atoms with Crippen molar-refractivity contribution in [1.29, 1.82) is 0 Å². The van der Waals surface area contributed by atoms with Crippen molar-refractivity contribution in [2.24, 2.45) is 0 Å². The number of fused-ring (bicyclic) bond motifs is 1. The van der Waals surface area contributed by atoms with Gasteiger partial charge in [-0.1, -0.05) is 17.7 Å². The number of likely N-dealkylation sites (tertiary alicyclic amines) is 1. The molecule has 4 rings (SSSR count). The van der Waals surface area contributed by atoms with E-state index in [4.69, 9.17) is 4.74 Å². The van der Waals surface area contributed by atoms with Crippen molar-refractivity contribution in [2.45, 2.75) is 38.8 Å². The summed E-state index contributed by atoms with van der Waals surface area (Å²) < 4.78 is 46.4. The molecule has 0 saturated carbocycles. The lowest BCUT2D eigenvalue weighted by Crippen LogP contribution is -2.42. The Kier molecular flexibility index (Phi) is 5.60. The lowest BCUT2D eigenvalue weighted by molar-refractivity contribution is -0.138. The van der Waals surface area contributed by atoms with Crippen molar-refractivity contribution in [3.8, 4) is 5.75 Å². The predicted octanol–water partition coefficient (Wildman–Crippen LogP) is 4.15. The number of ether oxygens (including phenoxy) is 1. The minimum atomic E-state index is -4.45. The first kappa shape index (κ1) is 21.1. The number of carbonyl (C=O) groups excluding carboxylic acids is 1. The first-order chi connectivity index (χ1) is 14.7. The Balaban J connectivity index is 1.47. The van der Waals surface area contributed by atoms with Gasteiger partial charge in [0.15, 0.2) is 12.3 Å². The second kappa shape index (κ2) is 8.20. The molecule has 0 bridgehead atoms.